The van der Waals surface area contributed by atoms with Gasteiger partial charge in [0.15, 0.2) is 0 Å². The van der Waals surface area contributed by atoms with E-state index in [-0.39, 0.29) is 18.9 Å². The number of aliphatic hydroxyl groups is 1. The van der Waals surface area contributed by atoms with Gasteiger partial charge in [0.2, 0.25) is 5.91 Å². The molecule has 0 aromatic carbocycles. The molecule has 0 bridgehead atoms. The molecule has 1 unspecified atom stereocenters. The first-order valence-corrected chi connectivity index (χ1v) is 7.84. The van der Waals surface area contributed by atoms with E-state index in [1.807, 2.05) is 6.26 Å². The van der Waals surface area contributed by atoms with Crippen molar-refractivity contribution in [2.75, 3.05) is 18.6 Å². The summed E-state index contributed by atoms with van der Waals surface area (Å²) in [5.41, 5.74) is -1.98. The zero-order chi connectivity index (χ0) is 15.1. The molecule has 112 valence electrons. The van der Waals surface area contributed by atoms with Crippen LogP contribution in [-0.4, -0.2) is 46.2 Å². The average Bonchev–Trinajstić information content (AvgIpc) is 2.33. The molecule has 1 amide bonds. The van der Waals surface area contributed by atoms with Crippen molar-refractivity contribution in [3.05, 3.63) is 0 Å². The quantitative estimate of drug-likeness (QED) is 0.599. The van der Waals surface area contributed by atoms with Gasteiger partial charge in [0.05, 0.1) is 11.0 Å². The Morgan fingerprint density at radius 2 is 1.79 bits per heavy atom. The van der Waals surface area contributed by atoms with Crippen LogP contribution in [0.2, 0.25) is 0 Å². The van der Waals surface area contributed by atoms with Crippen LogP contribution in [0.1, 0.15) is 40.0 Å². The second-order valence-corrected chi connectivity index (χ2v) is 6.04. The molecule has 0 saturated carbocycles. The Kier molecular flexibility index (Phi) is 7.44. The van der Waals surface area contributed by atoms with E-state index in [4.69, 9.17) is 0 Å². The van der Waals surface area contributed by atoms with Crippen LogP contribution in [0.25, 0.3) is 0 Å². The number of hydrogen-bond donors (Lipinski definition) is 3. The maximum absolute atomic E-state index is 11.8. The zero-order valence-electron chi connectivity index (χ0n) is 12.2. The average molecular weight is 291 g/mol. The van der Waals surface area contributed by atoms with Gasteiger partial charge in [0.25, 0.3) is 0 Å². The van der Waals surface area contributed by atoms with E-state index < -0.39 is 17.0 Å². The van der Waals surface area contributed by atoms with Gasteiger partial charge in [0.1, 0.15) is 0 Å². The minimum atomic E-state index is -1.00. The summed E-state index contributed by atoms with van der Waals surface area (Å²) in [6, 6.07) is 0. The lowest BCUT2D eigenvalue weighted by Crippen LogP contribution is -2.44. The highest BCUT2D eigenvalue weighted by molar-refractivity contribution is 7.98. The maximum Gasteiger partial charge on any atom is 0.310 e. The van der Waals surface area contributed by atoms with Gasteiger partial charge in [-0.1, -0.05) is 13.8 Å². The second-order valence-electron chi connectivity index (χ2n) is 5.18. The number of aliphatic carboxylic acids is 1. The van der Waals surface area contributed by atoms with E-state index in [1.165, 1.54) is 11.8 Å². The van der Waals surface area contributed by atoms with Crippen LogP contribution in [0, 0.1) is 5.41 Å². The Balaban J connectivity index is 4.49. The molecule has 6 heteroatoms. The third kappa shape index (κ3) is 5.82. The van der Waals surface area contributed by atoms with Crippen molar-refractivity contribution < 1.29 is 19.8 Å². The van der Waals surface area contributed by atoms with Gasteiger partial charge >= 0.3 is 5.97 Å². The van der Waals surface area contributed by atoms with E-state index in [0.717, 1.165) is 0 Å². The lowest BCUT2D eigenvalue weighted by Gasteiger charge is -2.27. The first-order chi connectivity index (χ1) is 8.73. The molecule has 3 N–H and O–H groups in total. The predicted molar refractivity (Wildman–Crippen MR) is 77.3 cm³/mol. The molecule has 0 aromatic rings. The molecule has 0 aliphatic heterocycles. The highest BCUT2D eigenvalue weighted by Gasteiger charge is 2.37. The fourth-order valence-corrected chi connectivity index (χ4v) is 2.62. The number of carbonyl (C=O) groups is 2. The van der Waals surface area contributed by atoms with E-state index in [2.05, 4.69) is 5.32 Å². The molecule has 0 saturated heterocycles. The number of amides is 1. The molecule has 0 spiro atoms. The van der Waals surface area contributed by atoms with Crippen LogP contribution in [0.4, 0.5) is 0 Å². The van der Waals surface area contributed by atoms with Crippen molar-refractivity contribution in [1.82, 2.24) is 5.32 Å². The number of hydrogen-bond acceptors (Lipinski definition) is 4. The number of rotatable bonds is 9. The van der Waals surface area contributed by atoms with Crippen LogP contribution >= 0.6 is 11.8 Å². The molecular formula is C13H25NO4S. The summed E-state index contributed by atoms with van der Waals surface area (Å²) in [5.74, 6) is -0.755. The molecule has 1 atom stereocenters. The fraction of sp³-hybridized carbons (Fsp3) is 0.846. The summed E-state index contributed by atoms with van der Waals surface area (Å²) in [6.45, 7) is 5.33. The SMILES string of the molecule is CCC(CC)(CC(=O)NCC(C)(O)CSC)C(=O)O. The first-order valence-electron chi connectivity index (χ1n) is 6.44. The van der Waals surface area contributed by atoms with Crippen molar-refractivity contribution in [2.24, 2.45) is 5.41 Å². The number of carbonyl (C=O) groups excluding carboxylic acids is 1. The second kappa shape index (κ2) is 7.75. The molecule has 0 fully saturated rings. The standard InChI is InChI=1S/C13H25NO4S/c1-5-13(6-2,11(16)17)7-10(15)14-8-12(3,18)9-19-4/h18H,5-9H2,1-4H3,(H,14,15)(H,16,17). The molecule has 0 aromatic heterocycles. The highest BCUT2D eigenvalue weighted by Crippen LogP contribution is 2.30. The Morgan fingerprint density at radius 1 is 1.26 bits per heavy atom. The smallest absolute Gasteiger partial charge is 0.310 e. The predicted octanol–water partition coefficient (Wildman–Crippen LogP) is 1.50. The number of carboxylic acids is 1. The summed E-state index contributed by atoms with van der Waals surface area (Å²) < 4.78 is 0. The zero-order valence-corrected chi connectivity index (χ0v) is 13.0. The van der Waals surface area contributed by atoms with Crippen molar-refractivity contribution >= 4 is 23.6 Å². The summed E-state index contributed by atoms with van der Waals surface area (Å²) in [6.07, 6.45) is 2.64. The van der Waals surface area contributed by atoms with Gasteiger partial charge in [0, 0.05) is 18.7 Å². The van der Waals surface area contributed by atoms with Crippen molar-refractivity contribution in [2.45, 2.75) is 45.6 Å². The van der Waals surface area contributed by atoms with Crippen molar-refractivity contribution in [3.63, 3.8) is 0 Å². The van der Waals surface area contributed by atoms with E-state index in [1.54, 1.807) is 20.8 Å². The van der Waals surface area contributed by atoms with E-state index >= 15 is 0 Å². The van der Waals surface area contributed by atoms with Crippen LogP contribution in [0.15, 0.2) is 0 Å². The summed E-state index contributed by atoms with van der Waals surface area (Å²) in [7, 11) is 0. The largest absolute Gasteiger partial charge is 0.481 e. The van der Waals surface area contributed by atoms with Crippen molar-refractivity contribution in [1.29, 1.82) is 0 Å². The van der Waals surface area contributed by atoms with Crippen molar-refractivity contribution in [3.8, 4) is 0 Å². The Bertz CT molecular complexity index is 314. The topological polar surface area (TPSA) is 86.6 Å². The minimum absolute atomic E-state index is 0.0509. The first kappa shape index (κ1) is 18.2. The Morgan fingerprint density at radius 3 is 2.16 bits per heavy atom. The van der Waals surface area contributed by atoms with Gasteiger partial charge in [-0.15, -0.1) is 0 Å². The summed E-state index contributed by atoms with van der Waals surface area (Å²) in [4.78, 5) is 23.1. The molecule has 0 aliphatic rings. The van der Waals surface area contributed by atoms with Gasteiger partial charge in [-0.05, 0) is 26.0 Å². The molecule has 0 aliphatic carbocycles. The normalized spacial score (nSPS) is 14.8. The molecular weight excluding hydrogens is 266 g/mol. The maximum atomic E-state index is 11.8. The van der Waals surface area contributed by atoms with Crippen LogP contribution in [-0.2, 0) is 9.59 Å². The molecule has 0 rings (SSSR count). The number of nitrogens with one attached hydrogen (secondary N) is 1. The fourth-order valence-electron chi connectivity index (χ4n) is 1.90. The van der Waals surface area contributed by atoms with Gasteiger partial charge in [-0.2, -0.15) is 11.8 Å². The Hall–Kier alpha value is -0.750. The lowest BCUT2D eigenvalue weighted by atomic mass is 9.79. The Labute approximate surface area is 119 Å². The molecule has 19 heavy (non-hydrogen) atoms. The van der Waals surface area contributed by atoms with Gasteiger partial charge in [-0.25, -0.2) is 0 Å². The van der Waals surface area contributed by atoms with Crippen LogP contribution in [0.3, 0.4) is 0 Å². The highest BCUT2D eigenvalue weighted by atomic mass is 32.2. The van der Waals surface area contributed by atoms with E-state index in [9.17, 15) is 19.8 Å². The van der Waals surface area contributed by atoms with Gasteiger partial charge in [-0.3, -0.25) is 9.59 Å². The van der Waals surface area contributed by atoms with E-state index in [0.29, 0.717) is 18.6 Å². The third-order valence-corrected chi connectivity index (χ3v) is 4.34. The monoisotopic (exact) mass is 291 g/mol. The lowest BCUT2D eigenvalue weighted by molar-refractivity contribution is -0.152. The minimum Gasteiger partial charge on any atom is -0.481 e. The van der Waals surface area contributed by atoms with Gasteiger partial charge < -0.3 is 15.5 Å². The van der Waals surface area contributed by atoms with Crippen LogP contribution < -0.4 is 5.32 Å². The molecule has 0 heterocycles. The number of carboxylic acid groups (broad SMARTS) is 1. The van der Waals surface area contributed by atoms with Crippen LogP contribution in [0.5, 0.6) is 0 Å². The molecule has 5 nitrogen and oxygen atoms in total. The molecule has 0 radical (unpaired) electrons. The summed E-state index contributed by atoms with van der Waals surface area (Å²) >= 11 is 1.49. The summed E-state index contributed by atoms with van der Waals surface area (Å²) in [5, 5.41) is 21.8. The third-order valence-electron chi connectivity index (χ3n) is 3.43. The number of thioether (sulfide) groups is 1.